The lowest BCUT2D eigenvalue weighted by Gasteiger charge is -2.35. The van der Waals surface area contributed by atoms with Crippen molar-refractivity contribution in [2.24, 2.45) is 0 Å². The Kier molecular flexibility index (Phi) is 5.22. The van der Waals surface area contributed by atoms with Gasteiger partial charge in [0.15, 0.2) is 0 Å². The molecule has 1 heterocycles. The van der Waals surface area contributed by atoms with Crippen molar-refractivity contribution in [2.45, 2.75) is 38.6 Å². The number of nitrogens with zero attached hydrogens (tertiary/aromatic N) is 1. The number of aliphatic hydroxyl groups excluding tert-OH is 1. The van der Waals surface area contributed by atoms with E-state index in [1.807, 2.05) is 24.3 Å². The van der Waals surface area contributed by atoms with Gasteiger partial charge in [-0.05, 0) is 31.9 Å². The van der Waals surface area contributed by atoms with Gasteiger partial charge in [-0.1, -0.05) is 29.8 Å². The number of benzene rings is 1. The van der Waals surface area contributed by atoms with Crippen LogP contribution in [0, 0.1) is 0 Å². The number of halogens is 1. The summed E-state index contributed by atoms with van der Waals surface area (Å²) in [5.41, 5.74) is 0.818. The van der Waals surface area contributed by atoms with Gasteiger partial charge in [-0.2, -0.15) is 0 Å². The molecule has 0 radical (unpaired) electrons. The first-order valence-corrected chi connectivity index (χ1v) is 7.24. The minimum absolute atomic E-state index is 0.265. The molecular weight excluding hydrogens is 262 g/mol. The summed E-state index contributed by atoms with van der Waals surface area (Å²) in [6.45, 7) is 6.91. The molecule has 0 bridgehead atoms. The highest BCUT2D eigenvalue weighted by Crippen LogP contribution is 2.25. The van der Waals surface area contributed by atoms with Gasteiger partial charge in [0.1, 0.15) is 0 Å². The van der Waals surface area contributed by atoms with E-state index in [2.05, 4.69) is 18.7 Å². The third-order valence-corrected chi connectivity index (χ3v) is 3.82. The van der Waals surface area contributed by atoms with Gasteiger partial charge in [0, 0.05) is 24.7 Å². The summed E-state index contributed by atoms with van der Waals surface area (Å²) in [4.78, 5) is 2.35. The predicted molar refractivity (Wildman–Crippen MR) is 77.5 cm³/mol. The number of rotatable bonds is 4. The van der Waals surface area contributed by atoms with E-state index in [-0.39, 0.29) is 12.2 Å². The fraction of sp³-hybridized carbons (Fsp3) is 0.600. The molecule has 1 N–H and O–H groups in total. The Morgan fingerprint density at radius 3 is 2.58 bits per heavy atom. The van der Waals surface area contributed by atoms with Crippen molar-refractivity contribution in [1.29, 1.82) is 0 Å². The van der Waals surface area contributed by atoms with Crippen LogP contribution in [0.15, 0.2) is 24.3 Å². The summed E-state index contributed by atoms with van der Waals surface area (Å²) in [6, 6.07) is 7.49. The molecule has 1 saturated heterocycles. The molecular formula is C15H22ClNO2. The SMILES string of the molecule is C[C@@H]1CN(CCC(O)c2ccccc2Cl)C[C@H](C)O1. The first-order chi connectivity index (χ1) is 9.06. The summed E-state index contributed by atoms with van der Waals surface area (Å²) >= 11 is 6.09. The highest BCUT2D eigenvalue weighted by molar-refractivity contribution is 6.31. The molecule has 3 nitrogen and oxygen atoms in total. The van der Waals surface area contributed by atoms with Crippen LogP contribution in [0.3, 0.4) is 0 Å². The lowest BCUT2D eigenvalue weighted by Crippen LogP contribution is -2.45. The maximum Gasteiger partial charge on any atom is 0.0816 e. The van der Waals surface area contributed by atoms with Crippen molar-refractivity contribution in [1.82, 2.24) is 4.90 Å². The van der Waals surface area contributed by atoms with E-state index in [0.29, 0.717) is 11.4 Å². The predicted octanol–water partition coefficient (Wildman–Crippen LogP) is 2.87. The van der Waals surface area contributed by atoms with E-state index < -0.39 is 6.10 Å². The monoisotopic (exact) mass is 283 g/mol. The fourth-order valence-electron chi connectivity index (χ4n) is 2.67. The third kappa shape index (κ3) is 4.18. The van der Waals surface area contributed by atoms with Gasteiger partial charge >= 0.3 is 0 Å². The zero-order valence-corrected chi connectivity index (χ0v) is 12.3. The van der Waals surface area contributed by atoms with Crippen molar-refractivity contribution >= 4 is 11.6 Å². The van der Waals surface area contributed by atoms with E-state index in [0.717, 1.165) is 25.2 Å². The molecule has 2 rings (SSSR count). The maximum absolute atomic E-state index is 10.2. The average molecular weight is 284 g/mol. The molecule has 106 valence electrons. The fourth-order valence-corrected chi connectivity index (χ4v) is 2.93. The van der Waals surface area contributed by atoms with Crippen LogP contribution in [-0.4, -0.2) is 41.8 Å². The maximum atomic E-state index is 10.2. The van der Waals surface area contributed by atoms with Crippen molar-refractivity contribution in [2.75, 3.05) is 19.6 Å². The average Bonchev–Trinajstić information content (AvgIpc) is 2.35. The third-order valence-electron chi connectivity index (χ3n) is 3.48. The lowest BCUT2D eigenvalue weighted by atomic mass is 10.1. The minimum Gasteiger partial charge on any atom is -0.388 e. The van der Waals surface area contributed by atoms with Crippen LogP contribution in [0.5, 0.6) is 0 Å². The summed E-state index contributed by atoms with van der Waals surface area (Å²) in [5.74, 6) is 0. The van der Waals surface area contributed by atoms with Crippen molar-refractivity contribution in [3.8, 4) is 0 Å². The largest absolute Gasteiger partial charge is 0.388 e. The molecule has 4 heteroatoms. The van der Waals surface area contributed by atoms with Gasteiger partial charge in [0.25, 0.3) is 0 Å². The minimum atomic E-state index is -0.498. The van der Waals surface area contributed by atoms with E-state index in [4.69, 9.17) is 16.3 Å². The Labute approximate surface area is 120 Å². The van der Waals surface area contributed by atoms with Crippen LogP contribution in [0.1, 0.15) is 31.9 Å². The van der Waals surface area contributed by atoms with Crippen LogP contribution in [0.2, 0.25) is 5.02 Å². The summed E-state index contributed by atoms with van der Waals surface area (Å²) in [7, 11) is 0. The number of aliphatic hydroxyl groups is 1. The first-order valence-electron chi connectivity index (χ1n) is 6.86. The quantitative estimate of drug-likeness (QED) is 0.922. The van der Waals surface area contributed by atoms with Gasteiger partial charge in [0.05, 0.1) is 18.3 Å². The molecule has 0 saturated carbocycles. The summed E-state index contributed by atoms with van der Waals surface area (Å²) < 4.78 is 5.70. The van der Waals surface area contributed by atoms with Crippen molar-refractivity contribution in [3.05, 3.63) is 34.9 Å². The number of hydrogen-bond donors (Lipinski definition) is 1. The van der Waals surface area contributed by atoms with Crippen molar-refractivity contribution in [3.63, 3.8) is 0 Å². The lowest BCUT2D eigenvalue weighted by molar-refractivity contribution is -0.0702. The second-order valence-electron chi connectivity index (χ2n) is 5.34. The number of ether oxygens (including phenoxy) is 1. The van der Waals surface area contributed by atoms with Crippen LogP contribution in [0.4, 0.5) is 0 Å². The Morgan fingerprint density at radius 2 is 1.95 bits per heavy atom. The number of morpholine rings is 1. The molecule has 3 atom stereocenters. The van der Waals surface area contributed by atoms with E-state index in [1.54, 1.807) is 0 Å². The van der Waals surface area contributed by atoms with E-state index >= 15 is 0 Å². The molecule has 0 aromatic heterocycles. The Hall–Kier alpha value is -0.610. The van der Waals surface area contributed by atoms with Crippen LogP contribution >= 0.6 is 11.6 Å². The molecule has 0 aliphatic carbocycles. The van der Waals surface area contributed by atoms with Crippen LogP contribution < -0.4 is 0 Å². The topological polar surface area (TPSA) is 32.7 Å². The molecule has 1 aromatic carbocycles. The zero-order valence-electron chi connectivity index (χ0n) is 11.6. The molecule has 19 heavy (non-hydrogen) atoms. The smallest absolute Gasteiger partial charge is 0.0816 e. The van der Waals surface area contributed by atoms with Crippen molar-refractivity contribution < 1.29 is 9.84 Å². The van der Waals surface area contributed by atoms with Crippen LogP contribution in [0.25, 0.3) is 0 Å². The van der Waals surface area contributed by atoms with E-state index in [1.165, 1.54) is 0 Å². The Balaban J connectivity index is 1.87. The Bertz CT molecular complexity index is 403. The zero-order chi connectivity index (χ0) is 13.8. The summed E-state index contributed by atoms with van der Waals surface area (Å²) in [6.07, 6.45) is 0.730. The van der Waals surface area contributed by atoms with E-state index in [9.17, 15) is 5.11 Å². The van der Waals surface area contributed by atoms with Gasteiger partial charge in [-0.25, -0.2) is 0 Å². The molecule has 0 spiro atoms. The molecule has 1 aromatic rings. The Morgan fingerprint density at radius 1 is 1.32 bits per heavy atom. The number of hydrogen-bond acceptors (Lipinski definition) is 3. The first kappa shape index (κ1) is 14.8. The normalized spacial score (nSPS) is 26.3. The molecule has 1 aliphatic heterocycles. The highest BCUT2D eigenvalue weighted by atomic mass is 35.5. The second kappa shape index (κ2) is 6.71. The van der Waals surface area contributed by atoms with Gasteiger partial charge < -0.3 is 9.84 Å². The molecule has 1 unspecified atom stereocenters. The van der Waals surface area contributed by atoms with Gasteiger partial charge in [0.2, 0.25) is 0 Å². The molecule has 0 amide bonds. The van der Waals surface area contributed by atoms with Gasteiger partial charge in [-0.15, -0.1) is 0 Å². The molecule has 1 aliphatic rings. The second-order valence-corrected chi connectivity index (χ2v) is 5.75. The van der Waals surface area contributed by atoms with Crippen LogP contribution in [-0.2, 0) is 4.74 Å². The van der Waals surface area contributed by atoms with Gasteiger partial charge in [-0.3, -0.25) is 4.90 Å². The summed E-state index contributed by atoms with van der Waals surface area (Å²) in [5, 5.41) is 10.9. The highest BCUT2D eigenvalue weighted by Gasteiger charge is 2.22. The molecule has 1 fully saturated rings. The standard InChI is InChI=1S/C15H22ClNO2/c1-11-9-17(10-12(2)19-11)8-7-15(18)13-5-3-4-6-14(13)16/h3-6,11-12,15,18H,7-10H2,1-2H3/t11-,12+,15?.